The zero-order chi connectivity index (χ0) is 13.8. The first-order valence-corrected chi connectivity index (χ1v) is 7.21. The highest BCUT2D eigenvalue weighted by Gasteiger charge is 2.48. The molecule has 0 amide bonds. The van der Waals surface area contributed by atoms with Gasteiger partial charge in [0.25, 0.3) is 0 Å². The van der Waals surface area contributed by atoms with Crippen LogP contribution in [0.1, 0.15) is 52.9 Å². The summed E-state index contributed by atoms with van der Waals surface area (Å²) in [5, 5.41) is 3.31. The van der Waals surface area contributed by atoms with Crippen LogP contribution in [0.25, 0.3) is 0 Å². The molecule has 108 valence electrons. The molecule has 0 bridgehead atoms. The van der Waals surface area contributed by atoms with E-state index >= 15 is 0 Å². The minimum Gasteiger partial charge on any atom is -0.314 e. The van der Waals surface area contributed by atoms with Crippen molar-refractivity contribution in [3.05, 3.63) is 0 Å². The lowest BCUT2D eigenvalue weighted by Gasteiger charge is -2.41. The van der Waals surface area contributed by atoms with E-state index in [-0.39, 0.29) is 12.0 Å². The van der Waals surface area contributed by atoms with Gasteiger partial charge in [-0.05, 0) is 31.2 Å². The molecule has 0 aliphatic heterocycles. The zero-order valence-corrected chi connectivity index (χ0v) is 11.7. The highest BCUT2D eigenvalue weighted by molar-refractivity contribution is 4.90. The molecule has 0 spiro atoms. The second-order valence-electron chi connectivity index (χ2n) is 5.57. The summed E-state index contributed by atoms with van der Waals surface area (Å²) in [4.78, 5) is 0. The van der Waals surface area contributed by atoms with Gasteiger partial charge in [0.05, 0.1) is 5.92 Å². The number of hydrogen-bond donors (Lipinski definition) is 1. The Hall–Kier alpha value is -0.250. The highest BCUT2D eigenvalue weighted by Crippen LogP contribution is 2.44. The molecule has 1 nitrogen and oxygen atoms in total. The Morgan fingerprint density at radius 2 is 1.78 bits per heavy atom. The molecule has 0 aromatic rings. The Labute approximate surface area is 109 Å². The lowest BCUT2D eigenvalue weighted by molar-refractivity contribution is -0.200. The monoisotopic (exact) mass is 265 g/mol. The van der Waals surface area contributed by atoms with Crippen LogP contribution in [0.5, 0.6) is 0 Å². The van der Waals surface area contributed by atoms with Gasteiger partial charge in [-0.25, -0.2) is 0 Å². The van der Waals surface area contributed by atoms with Gasteiger partial charge in [0.2, 0.25) is 0 Å². The van der Waals surface area contributed by atoms with E-state index < -0.39 is 12.1 Å². The van der Waals surface area contributed by atoms with E-state index in [1.165, 1.54) is 0 Å². The Bertz CT molecular complexity index is 240. The van der Waals surface area contributed by atoms with Crippen LogP contribution in [-0.2, 0) is 0 Å². The molecule has 4 unspecified atom stereocenters. The molecule has 18 heavy (non-hydrogen) atoms. The Kier molecular flexibility index (Phi) is 5.96. The van der Waals surface area contributed by atoms with Crippen molar-refractivity contribution in [1.82, 2.24) is 5.32 Å². The van der Waals surface area contributed by atoms with E-state index in [4.69, 9.17) is 0 Å². The fraction of sp³-hybridized carbons (Fsp3) is 1.00. The van der Waals surface area contributed by atoms with Gasteiger partial charge in [-0.3, -0.25) is 0 Å². The molecule has 0 radical (unpaired) electrons. The van der Waals surface area contributed by atoms with Gasteiger partial charge in [-0.1, -0.05) is 40.0 Å². The van der Waals surface area contributed by atoms with Gasteiger partial charge in [0.1, 0.15) is 0 Å². The van der Waals surface area contributed by atoms with Gasteiger partial charge in [0.15, 0.2) is 0 Å². The van der Waals surface area contributed by atoms with Crippen LogP contribution in [0.4, 0.5) is 13.2 Å². The molecule has 0 heterocycles. The van der Waals surface area contributed by atoms with Crippen molar-refractivity contribution >= 4 is 0 Å². The minimum atomic E-state index is -4.04. The average Bonchev–Trinajstić information content (AvgIpc) is 2.34. The van der Waals surface area contributed by atoms with E-state index in [1.54, 1.807) is 0 Å². The molecule has 4 heteroatoms. The Balaban J connectivity index is 2.84. The van der Waals surface area contributed by atoms with Gasteiger partial charge in [0, 0.05) is 6.04 Å². The van der Waals surface area contributed by atoms with E-state index in [9.17, 15) is 13.2 Å². The van der Waals surface area contributed by atoms with Crippen LogP contribution < -0.4 is 5.32 Å². The zero-order valence-electron chi connectivity index (χ0n) is 11.7. The first kappa shape index (κ1) is 15.8. The van der Waals surface area contributed by atoms with E-state index in [2.05, 4.69) is 19.2 Å². The topological polar surface area (TPSA) is 12.0 Å². The molecule has 4 atom stereocenters. The molecule has 0 aromatic carbocycles. The maximum atomic E-state index is 13.1. The van der Waals surface area contributed by atoms with Crippen LogP contribution in [0, 0.1) is 17.8 Å². The number of hydrogen-bond acceptors (Lipinski definition) is 1. The molecular formula is C14H26F3N. The highest BCUT2D eigenvalue weighted by atomic mass is 19.4. The van der Waals surface area contributed by atoms with Gasteiger partial charge in [-0.2, -0.15) is 13.2 Å². The van der Waals surface area contributed by atoms with Crippen molar-refractivity contribution in [3.8, 4) is 0 Å². The van der Waals surface area contributed by atoms with E-state index in [1.807, 2.05) is 6.92 Å². The standard InChI is InChI=1S/C14H26F3N/c1-4-10(3)13(18-5-2)11-8-6-7-9-12(11)14(15,16)17/h10-13,18H,4-9H2,1-3H3. The Morgan fingerprint density at radius 3 is 2.28 bits per heavy atom. The molecular weight excluding hydrogens is 239 g/mol. The largest absolute Gasteiger partial charge is 0.392 e. The molecule has 0 aromatic heterocycles. The molecule has 1 aliphatic carbocycles. The van der Waals surface area contributed by atoms with Gasteiger partial charge in [-0.15, -0.1) is 0 Å². The molecule has 1 fully saturated rings. The number of nitrogens with one attached hydrogen (secondary N) is 1. The third-order valence-electron chi connectivity index (χ3n) is 4.40. The minimum absolute atomic E-state index is 0.00641. The van der Waals surface area contributed by atoms with Crippen LogP contribution in [0.2, 0.25) is 0 Å². The van der Waals surface area contributed by atoms with Crippen molar-refractivity contribution in [2.75, 3.05) is 6.54 Å². The maximum Gasteiger partial charge on any atom is 0.392 e. The first-order chi connectivity index (χ1) is 8.41. The summed E-state index contributed by atoms with van der Waals surface area (Å²) in [6, 6.07) is 0.00641. The summed E-state index contributed by atoms with van der Waals surface area (Å²) in [5.41, 5.74) is 0. The van der Waals surface area contributed by atoms with Crippen LogP contribution >= 0.6 is 0 Å². The van der Waals surface area contributed by atoms with Crippen molar-refractivity contribution in [2.24, 2.45) is 17.8 Å². The van der Waals surface area contributed by atoms with Crippen LogP contribution in [0.3, 0.4) is 0 Å². The number of rotatable bonds is 5. The average molecular weight is 265 g/mol. The fourth-order valence-electron chi connectivity index (χ4n) is 3.26. The summed E-state index contributed by atoms with van der Waals surface area (Å²) >= 11 is 0. The number of halogens is 3. The third-order valence-corrected chi connectivity index (χ3v) is 4.40. The molecule has 1 rings (SSSR count). The number of alkyl halides is 3. The molecule has 0 saturated heterocycles. The predicted molar refractivity (Wildman–Crippen MR) is 68.4 cm³/mol. The predicted octanol–water partition coefficient (Wildman–Crippen LogP) is 4.38. The van der Waals surface area contributed by atoms with E-state index in [0.29, 0.717) is 18.8 Å². The van der Waals surface area contributed by atoms with Crippen molar-refractivity contribution in [3.63, 3.8) is 0 Å². The third kappa shape index (κ3) is 3.87. The van der Waals surface area contributed by atoms with Crippen molar-refractivity contribution in [2.45, 2.75) is 65.1 Å². The van der Waals surface area contributed by atoms with Crippen molar-refractivity contribution in [1.29, 1.82) is 0 Å². The lowest BCUT2D eigenvalue weighted by atomic mass is 9.71. The molecule has 1 N–H and O–H groups in total. The lowest BCUT2D eigenvalue weighted by Crippen LogP contribution is -2.48. The van der Waals surface area contributed by atoms with Crippen LogP contribution in [0.15, 0.2) is 0 Å². The second-order valence-corrected chi connectivity index (χ2v) is 5.57. The molecule has 1 saturated carbocycles. The maximum absolute atomic E-state index is 13.1. The first-order valence-electron chi connectivity index (χ1n) is 7.21. The second kappa shape index (κ2) is 6.78. The van der Waals surface area contributed by atoms with Gasteiger partial charge >= 0.3 is 6.18 Å². The smallest absolute Gasteiger partial charge is 0.314 e. The Morgan fingerprint density at radius 1 is 1.17 bits per heavy atom. The quantitative estimate of drug-likeness (QED) is 0.778. The van der Waals surface area contributed by atoms with Crippen LogP contribution in [-0.4, -0.2) is 18.8 Å². The summed E-state index contributed by atoms with van der Waals surface area (Å²) in [6.45, 7) is 6.84. The van der Waals surface area contributed by atoms with Crippen molar-refractivity contribution < 1.29 is 13.2 Å². The normalized spacial score (nSPS) is 29.0. The SMILES string of the molecule is CCNC(C(C)CC)C1CCCCC1C(F)(F)F. The summed E-state index contributed by atoms with van der Waals surface area (Å²) < 4.78 is 39.4. The fourth-order valence-corrected chi connectivity index (χ4v) is 3.26. The van der Waals surface area contributed by atoms with E-state index in [0.717, 1.165) is 25.8 Å². The molecule has 1 aliphatic rings. The summed E-state index contributed by atoms with van der Waals surface area (Å²) in [7, 11) is 0. The summed E-state index contributed by atoms with van der Waals surface area (Å²) in [6.07, 6.45) is -0.417. The summed E-state index contributed by atoms with van der Waals surface area (Å²) in [5.74, 6) is -1.05. The van der Waals surface area contributed by atoms with Gasteiger partial charge < -0.3 is 5.32 Å².